The molecule has 118 valence electrons. The van der Waals surface area contributed by atoms with Crippen molar-refractivity contribution in [3.05, 3.63) is 29.8 Å². The van der Waals surface area contributed by atoms with E-state index in [1.54, 1.807) is 24.3 Å². The zero-order valence-electron chi connectivity index (χ0n) is 11.8. The maximum atomic E-state index is 12.5. The molecule has 0 saturated heterocycles. The predicted molar refractivity (Wildman–Crippen MR) is 72.2 cm³/mol. The van der Waals surface area contributed by atoms with E-state index in [0.717, 1.165) is 4.90 Å². The first-order valence-corrected chi connectivity index (χ1v) is 6.86. The minimum atomic E-state index is -4.34. The van der Waals surface area contributed by atoms with Gasteiger partial charge in [-0.1, -0.05) is 18.2 Å². The number of nitrogens with zero attached hydrogens (tertiary/aromatic N) is 2. The average molecular weight is 312 g/mol. The van der Waals surface area contributed by atoms with Crippen molar-refractivity contribution in [3.8, 4) is 11.8 Å². The lowest BCUT2D eigenvalue weighted by atomic mass is 9.99. The third-order valence-corrected chi connectivity index (χ3v) is 3.47. The largest absolute Gasteiger partial charge is 0.492 e. The van der Waals surface area contributed by atoms with Gasteiger partial charge in [-0.05, 0) is 6.07 Å². The fraction of sp³-hybridized carbons (Fsp3) is 0.467. The SMILES string of the molecule is N#CCCN(CCC(F)(F)F)C(=O)C1COc2ccccc21. The van der Waals surface area contributed by atoms with Crippen molar-refractivity contribution in [2.24, 2.45) is 0 Å². The molecule has 1 atom stereocenters. The zero-order chi connectivity index (χ0) is 16.2. The van der Waals surface area contributed by atoms with Crippen molar-refractivity contribution in [2.75, 3.05) is 19.7 Å². The van der Waals surface area contributed by atoms with Gasteiger partial charge in [0.05, 0.1) is 18.9 Å². The summed E-state index contributed by atoms with van der Waals surface area (Å²) in [7, 11) is 0. The summed E-state index contributed by atoms with van der Waals surface area (Å²) in [5.41, 5.74) is 0.682. The van der Waals surface area contributed by atoms with Crippen LogP contribution in [-0.2, 0) is 4.79 Å². The van der Waals surface area contributed by atoms with Crippen LogP contribution in [0.4, 0.5) is 13.2 Å². The van der Waals surface area contributed by atoms with E-state index in [-0.39, 0.29) is 19.6 Å². The van der Waals surface area contributed by atoms with Crippen molar-refractivity contribution < 1.29 is 22.7 Å². The highest BCUT2D eigenvalue weighted by Crippen LogP contribution is 2.35. The normalized spacial score (nSPS) is 16.5. The Kier molecular flexibility index (Phi) is 4.91. The summed E-state index contributed by atoms with van der Waals surface area (Å²) < 4.78 is 42.6. The van der Waals surface area contributed by atoms with Gasteiger partial charge >= 0.3 is 6.18 Å². The molecule has 1 amide bonds. The smallest absolute Gasteiger partial charge is 0.390 e. The fourth-order valence-electron chi connectivity index (χ4n) is 2.37. The summed E-state index contributed by atoms with van der Waals surface area (Å²) in [5.74, 6) is -0.454. The lowest BCUT2D eigenvalue weighted by molar-refractivity contribution is -0.146. The van der Waals surface area contributed by atoms with E-state index in [0.29, 0.717) is 11.3 Å². The van der Waals surface area contributed by atoms with Crippen molar-refractivity contribution >= 4 is 5.91 Å². The van der Waals surface area contributed by atoms with Gasteiger partial charge in [0.1, 0.15) is 18.3 Å². The van der Waals surface area contributed by atoms with Crippen LogP contribution in [-0.4, -0.2) is 36.7 Å². The van der Waals surface area contributed by atoms with E-state index in [2.05, 4.69) is 0 Å². The number of amides is 1. The van der Waals surface area contributed by atoms with Gasteiger partial charge in [0.15, 0.2) is 0 Å². The molecule has 0 fully saturated rings. The number of hydrogen-bond donors (Lipinski definition) is 0. The van der Waals surface area contributed by atoms with Crippen LogP contribution in [0.1, 0.15) is 24.3 Å². The minimum absolute atomic E-state index is 0.00117. The summed E-state index contributed by atoms with van der Waals surface area (Å²) in [6.45, 7) is -0.333. The quantitative estimate of drug-likeness (QED) is 0.840. The number of alkyl halides is 3. The van der Waals surface area contributed by atoms with Crippen LogP contribution in [0.5, 0.6) is 5.75 Å². The summed E-state index contributed by atoms with van der Waals surface area (Å²) in [5, 5.41) is 8.61. The number of benzene rings is 1. The topological polar surface area (TPSA) is 53.3 Å². The van der Waals surface area contributed by atoms with Gasteiger partial charge < -0.3 is 9.64 Å². The summed E-state index contributed by atoms with van der Waals surface area (Å²) >= 11 is 0. The molecule has 0 bridgehead atoms. The van der Waals surface area contributed by atoms with E-state index in [1.807, 2.05) is 6.07 Å². The summed E-state index contributed by atoms with van der Waals surface area (Å²) in [4.78, 5) is 13.6. The van der Waals surface area contributed by atoms with Crippen molar-refractivity contribution in [1.82, 2.24) is 4.90 Å². The third kappa shape index (κ3) is 3.91. The molecule has 7 heteroatoms. The Balaban J connectivity index is 2.10. The highest BCUT2D eigenvalue weighted by molar-refractivity contribution is 5.85. The lowest BCUT2D eigenvalue weighted by Crippen LogP contribution is -2.38. The summed E-state index contributed by atoms with van der Waals surface area (Å²) in [6, 6.07) is 8.83. The molecule has 1 aromatic rings. The van der Waals surface area contributed by atoms with Crippen LogP contribution >= 0.6 is 0 Å². The number of ether oxygens (including phenoxy) is 1. The third-order valence-electron chi connectivity index (χ3n) is 3.47. The number of hydrogen-bond acceptors (Lipinski definition) is 3. The van der Waals surface area contributed by atoms with Crippen LogP contribution < -0.4 is 4.74 Å². The molecule has 1 aromatic carbocycles. The van der Waals surface area contributed by atoms with Crippen LogP contribution in [0.2, 0.25) is 0 Å². The average Bonchev–Trinajstić information content (AvgIpc) is 2.89. The van der Waals surface area contributed by atoms with Gasteiger partial charge in [-0.25, -0.2) is 0 Å². The van der Waals surface area contributed by atoms with E-state index >= 15 is 0 Å². The van der Waals surface area contributed by atoms with Gasteiger partial charge in [-0.15, -0.1) is 0 Å². The number of carbonyl (C=O) groups is 1. The number of nitriles is 1. The molecule has 1 aliphatic heterocycles. The van der Waals surface area contributed by atoms with Crippen LogP contribution in [0.25, 0.3) is 0 Å². The Bertz CT molecular complexity index is 581. The standard InChI is InChI=1S/C15H15F3N2O2/c16-15(17,18)6-9-20(8-3-7-19)14(21)12-10-22-13-5-2-1-4-11(12)13/h1-2,4-5,12H,3,6,8-10H2. The Morgan fingerprint density at radius 1 is 1.36 bits per heavy atom. The molecule has 4 nitrogen and oxygen atoms in total. The van der Waals surface area contributed by atoms with Crippen molar-refractivity contribution in [2.45, 2.75) is 24.9 Å². The van der Waals surface area contributed by atoms with Crippen LogP contribution in [0.15, 0.2) is 24.3 Å². The van der Waals surface area contributed by atoms with Gasteiger partial charge in [0.2, 0.25) is 5.91 Å². The Hall–Kier alpha value is -2.23. The maximum Gasteiger partial charge on any atom is 0.390 e. The molecule has 0 aromatic heterocycles. The van der Waals surface area contributed by atoms with Crippen molar-refractivity contribution in [1.29, 1.82) is 5.26 Å². The first kappa shape index (κ1) is 16.1. The Labute approximate surface area is 126 Å². The number of carbonyl (C=O) groups excluding carboxylic acids is 1. The molecule has 1 unspecified atom stereocenters. The van der Waals surface area contributed by atoms with Gasteiger partial charge in [0, 0.05) is 18.7 Å². The molecule has 22 heavy (non-hydrogen) atoms. The number of fused-ring (bicyclic) bond motifs is 1. The van der Waals surface area contributed by atoms with Crippen LogP contribution in [0, 0.1) is 11.3 Å². The Morgan fingerprint density at radius 2 is 2.09 bits per heavy atom. The Morgan fingerprint density at radius 3 is 2.77 bits per heavy atom. The molecule has 0 radical (unpaired) electrons. The molecule has 0 aliphatic carbocycles. The van der Waals surface area contributed by atoms with E-state index in [4.69, 9.17) is 10.00 Å². The molecule has 0 saturated carbocycles. The predicted octanol–water partition coefficient (Wildman–Crippen LogP) is 2.86. The minimum Gasteiger partial charge on any atom is -0.492 e. The van der Waals surface area contributed by atoms with E-state index < -0.39 is 31.0 Å². The highest BCUT2D eigenvalue weighted by Gasteiger charge is 2.35. The van der Waals surface area contributed by atoms with Gasteiger partial charge in [-0.3, -0.25) is 4.79 Å². The van der Waals surface area contributed by atoms with Gasteiger partial charge in [-0.2, -0.15) is 18.4 Å². The highest BCUT2D eigenvalue weighted by atomic mass is 19.4. The monoisotopic (exact) mass is 312 g/mol. The number of halogens is 3. The molecule has 0 spiro atoms. The first-order chi connectivity index (χ1) is 10.4. The maximum absolute atomic E-state index is 12.5. The number of rotatable bonds is 5. The number of para-hydroxylation sites is 1. The van der Waals surface area contributed by atoms with Crippen molar-refractivity contribution in [3.63, 3.8) is 0 Å². The molecule has 2 rings (SSSR count). The second-order valence-corrected chi connectivity index (χ2v) is 5.00. The molecule has 1 heterocycles. The van der Waals surface area contributed by atoms with E-state index in [1.165, 1.54) is 0 Å². The second-order valence-electron chi connectivity index (χ2n) is 5.00. The lowest BCUT2D eigenvalue weighted by Gasteiger charge is -2.25. The first-order valence-electron chi connectivity index (χ1n) is 6.86. The molecule has 1 aliphatic rings. The summed E-state index contributed by atoms with van der Waals surface area (Å²) in [6.07, 6.45) is -5.42. The van der Waals surface area contributed by atoms with E-state index in [9.17, 15) is 18.0 Å². The van der Waals surface area contributed by atoms with Gasteiger partial charge in [0.25, 0.3) is 0 Å². The zero-order valence-corrected chi connectivity index (χ0v) is 11.8. The van der Waals surface area contributed by atoms with Crippen LogP contribution in [0.3, 0.4) is 0 Å². The molecule has 0 N–H and O–H groups in total. The molecular weight excluding hydrogens is 297 g/mol. The molecular formula is C15H15F3N2O2. The second kappa shape index (κ2) is 6.69. The fourth-order valence-corrected chi connectivity index (χ4v) is 2.37.